The molecule has 2 unspecified atom stereocenters. The molecule has 0 saturated carbocycles. The summed E-state index contributed by atoms with van der Waals surface area (Å²) in [6, 6.07) is 48.4. The quantitative estimate of drug-likeness (QED) is 0.199. The third kappa shape index (κ3) is 3.45. The van der Waals surface area contributed by atoms with Crippen molar-refractivity contribution in [2.75, 3.05) is 0 Å². The van der Waals surface area contributed by atoms with Crippen LogP contribution in [0.15, 0.2) is 163 Å². The van der Waals surface area contributed by atoms with Crippen molar-refractivity contribution in [2.45, 2.75) is 17.6 Å². The third-order valence-electron chi connectivity index (χ3n) is 11.0. The molecule has 6 aromatic carbocycles. The molecule has 2 nitrogen and oxygen atoms in total. The first-order chi connectivity index (χ1) is 23.8. The van der Waals surface area contributed by atoms with Crippen molar-refractivity contribution in [3.63, 3.8) is 0 Å². The van der Waals surface area contributed by atoms with E-state index in [0.29, 0.717) is 0 Å². The Morgan fingerprint density at radius 3 is 2.17 bits per heavy atom. The highest BCUT2D eigenvalue weighted by atomic mass is 32.1. The van der Waals surface area contributed by atoms with Gasteiger partial charge >= 0.3 is 0 Å². The van der Waals surface area contributed by atoms with Gasteiger partial charge in [0.05, 0.1) is 11.5 Å². The van der Waals surface area contributed by atoms with Gasteiger partial charge in [0.25, 0.3) is 0 Å². The lowest BCUT2D eigenvalue weighted by atomic mass is 9.70. The number of nitrogens with one attached hydrogen (secondary N) is 2. The highest BCUT2D eigenvalue weighted by Gasteiger charge is 2.52. The Balaban J connectivity index is 1.11. The van der Waals surface area contributed by atoms with E-state index in [1.54, 1.807) is 0 Å². The first kappa shape index (κ1) is 26.6. The third-order valence-corrected chi connectivity index (χ3v) is 12.2. The standard InChI is InChI=1S/C45H30N2S/c1-7-15-40-30(9-1)26-46-44(47-40)28-19-17-27(18-20-28)29-21-22-35-39(25-29)45(36-13-5-2-10-31(36)32-11-3-6-14-37(32)45)38-24-23-34-33-12-4-8-16-41(33)48-43(34)42(35)38/h1-26,40,44,46-47H. The molecule has 1 spiro atoms. The van der Waals surface area contributed by atoms with Gasteiger partial charge in [-0.25, -0.2) is 0 Å². The fourth-order valence-electron chi connectivity index (χ4n) is 8.90. The Morgan fingerprint density at radius 1 is 0.583 bits per heavy atom. The van der Waals surface area contributed by atoms with Crippen molar-refractivity contribution in [1.29, 1.82) is 0 Å². The Kier molecular flexibility index (Phi) is 5.41. The van der Waals surface area contributed by atoms with Gasteiger partial charge in [-0.05, 0) is 73.3 Å². The van der Waals surface area contributed by atoms with Crippen LogP contribution in [0.25, 0.3) is 53.6 Å². The minimum Gasteiger partial charge on any atom is -0.372 e. The van der Waals surface area contributed by atoms with Gasteiger partial charge in [0.2, 0.25) is 0 Å². The number of thiophene rings is 1. The molecule has 2 N–H and O–H groups in total. The van der Waals surface area contributed by atoms with E-state index in [1.165, 1.54) is 86.9 Å². The SMILES string of the molecule is C1=CC2=CNC(c3ccc(-c4ccc5c(c4)C4(c6ccccc6-c6ccccc64)c4ccc6c(sc7ccccc76)c4-5)cc3)NC2C=C1. The van der Waals surface area contributed by atoms with Crippen molar-refractivity contribution in [3.05, 3.63) is 191 Å². The van der Waals surface area contributed by atoms with Crippen molar-refractivity contribution in [2.24, 2.45) is 0 Å². The maximum absolute atomic E-state index is 3.73. The highest BCUT2D eigenvalue weighted by Crippen LogP contribution is 2.64. The summed E-state index contributed by atoms with van der Waals surface area (Å²) in [5, 5.41) is 9.98. The summed E-state index contributed by atoms with van der Waals surface area (Å²) in [6.45, 7) is 0. The molecule has 1 aliphatic heterocycles. The van der Waals surface area contributed by atoms with E-state index in [1.807, 2.05) is 11.3 Å². The minimum atomic E-state index is -0.375. The molecule has 4 aliphatic rings. The van der Waals surface area contributed by atoms with E-state index in [2.05, 4.69) is 169 Å². The van der Waals surface area contributed by atoms with Crippen LogP contribution < -0.4 is 10.6 Å². The van der Waals surface area contributed by atoms with Crippen molar-refractivity contribution in [3.8, 4) is 33.4 Å². The maximum Gasteiger partial charge on any atom is 0.103 e. The molecule has 1 aromatic heterocycles. The fraction of sp³-hybridized carbons (Fsp3) is 0.0667. The second kappa shape index (κ2) is 9.77. The van der Waals surface area contributed by atoms with Crippen LogP contribution in [-0.4, -0.2) is 6.04 Å². The monoisotopic (exact) mass is 630 g/mol. The summed E-state index contributed by atoms with van der Waals surface area (Å²) in [5.41, 5.74) is 15.6. The van der Waals surface area contributed by atoms with E-state index >= 15 is 0 Å². The normalized spacial score (nSPS) is 19.0. The summed E-state index contributed by atoms with van der Waals surface area (Å²) < 4.78 is 2.73. The van der Waals surface area contributed by atoms with Gasteiger partial charge in [0.1, 0.15) is 6.17 Å². The van der Waals surface area contributed by atoms with E-state index in [-0.39, 0.29) is 17.6 Å². The average Bonchev–Trinajstić information content (AvgIpc) is 3.78. The lowest BCUT2D eigenvalue weighted by molar-refractivity contribution is 0.449. The second-order valence-electron chi connectivity index (χ2n) is 13.3. The molecular formula is C45H30N2S. The number of fused-ring (bicyclic) bond motifs is 15. The zero-order valence-corrected chi connectivity index (χ0v) is 26.9. The Hall–Kier alpha value is -5.48. The number of allylic oxidation sites excluding steroid dienone is 2. The van der Waals surface area contributed by atoms with Gasteiger partial charge in [-0.1, -0.05) is 140 Å². The zero-order valence-electron chi connectivity index (χ0n) is 26.1. The molecule has 0 bridgehead atoms. The van der Waals surface area contributed by atoms with Gasteiger partial charge < -0.3 is 5.32 Å². The van der Waals surface area contributed by atoms with Crippen LogP contribution in [0.1, 0.15) is 34.0 Å². The lowest BCUT2D eigenvalue weighted by Crippen LogP contribution is -2.43. The van der Waals surface area contributed by atoms with Crippen molar-refractivity contribution in [1.82, 2.24) is 10.6 Å². The van der Waals surface area contributed by atoms with Crippen molar-refractivity contribution >= 4 is 31.5 Å². The molecule has 0 radical (unpaired) electrons. The van der Waals surface area contributed by atoms with Crippen LogP contribution in [0.4, 0.5) is 0 Å². The molecule has 2 heterocycles. The van der Waals surface area contributed by atoms with Gasteiger partial charge in [0.15, 0.2) is 0 Å². The lowest BCUT2D eigenvalue weighted by Gasteiger charge is -2.31. The zero-order chi connectivity index (χ0) is 31.4. The van der Waals surface area contributed by atoms with Gasteiger partial charge in [-0.3, -0.25) is 5.32 Å². The second-order valence-corrected chi connectivity index (χ2v) is 14.4. The first-order valence-corrected chi connectivity index (χ1v) is 17.6. The van der Waals surface area contributed by atoms with Gasteiger partial charge in [-0.2, -0.15) is 0 Å². The summed E-state index contributed by atoms with van der Waals surface area (Å²) in [5.74, 6) is 0. The number of hydrogen-bond donors (Lipinski definition) is 2. The van der Waals surface area contributed by atoms with E-state index in [0.717, 1.165) is 0 Å². The average molecular weight is 631 g/mol. The summed E-state index contributed by atoms with van der Waals surface area (Å²) in [4.78, 5) is 0. The van der Waals surface area contributed by atoms with E-state index in [4.69, 9.17) is 0 Å². The van der Waals surface area contributed by atoms with Crippen LogP contribution in [-0.2, 0) is 5.41 Å². The van der Waals surface area contributed by atoms with Gasteiger partial charge in [-0.15, -0.1) is 11.3 Å². The largest absolute Gasteiger partial charge is 0.372 e. The van der Waals surface area contributed by atoms with E-state index in [9.17, 15) is 0 Å². The molecule has 0 saturated heterocycles. The number of rotatable bonds is 2. The molecule has 3 aliphatic carbocycles. The van der Waals surface area contributed by atoms with Crippen LogP contribution >= 0.6 is 11.3 Å². The molecule has 11 rings (SSSR count). The Morgan fingerprint density at radius 2 is 1.33 bits per heavy atom. The van der Waals surface area contributed by atoms with Crippen LogP contribution in [0.3, 0.4) is 0 Å². The maximum atomic E-state index is 3.73. The molecule has 226 valence electrons. The minimum absolute atomic E-state index is 0.0666. The van der Waals surface area contributed by atoms with Crippen molar-refractivity contribution < 1.29 is 0 Å². The number of hydrogen-bond acceptors (Lipinski definition) is 3. The van der Waals surface area contributed by atoms with E-state index < -0.39 is 0 Å². The predicted molar refractivity (Wildman–Crippen MR) is 200 cm³/mol. The number of benzene rings is 6. The van der Waals surface area contributed by atoms with Gasteiger partial charge in [0, 0.05) is 31.9 Å². The first-order valence-electron chi connectivity index (χ1n) is 16.8. The molecule has 7 aromatic rings. The van der Waals surface area contributed by atoms with Crippen LogP contribution in [0.5, 0.6) is 0 Å². The summed E-state index contributed by atoms with van der Waals surface area (Å²) in [6.07, 6.45) is 10.8. The molecule has 3 heteroatoms. The molecule has 0 amide bonds. The smallest absolute Gasteiger partial charge is 0.103 e. The topological polar surface area (TPSA) is 24.1 Å². The highest BCUT2D eigenvalue weighted by molar-refractivity contribution is 7.26. The Labute approximate surface area is 283 Å². The fourth-order valence-corrected chi connectivity index (χ4v) is 10.2. The Bertz CT molecular complexity index is 2540. The van der Waals surface area contributed by atoms with Crippen LogP contribution in [0.2, 0.25) is 0 Å². The molecular weight excluding hydrogens is 601 g/mol. The summed E-state index contributed by atoms with van der Waals surface area (Å²) in [7, 11) is 0. The summed E-state index contributed by atoms with van der Waals surface area (Å²) >= 11 is 1.93. The van der Waals surface area contributed by atoms with Crippen LogP contribution in [0, 0.1) is 0 Å². The predicted octanol–water partition coefficient (Wildman–Crippen LogP) is 10.6. The molecule has 2 atom stereocenters. The molecule has 48 heavy (non-hydrogen) atoms. The molecule has 0 fully saturated rings.